The van der Waals surface area contributed by atoms with Crippen molar-refractivity contribution < 1.29 is 9.59 Å². The van der Waals surface area contributed by atoms with E-state index in [2.05, 4.69) is 13.8 Å². The number of rotatable bonds is 2. The Kier molecular flexibility index (Phi) is 3.01. The molecule has 2 nitrogen and oxygen atoms in total. The number of ketones is 2. The molecule has 100 valence electrons. The van der Waals surface area contributed by atoms with E-state index in [4.69, 9.17) is 0 Å². The molecule has 0 bridgehead atoms. The first-order valence-electron chi connectivity index (χ1n) is 6.96. The van der Waals surface area contributed by atoms with Gasteiger partial charge in [0.2, 0.25) is 0 Å². The Morgan fingerprint density at radius 3 is 2.00 bits per heavy atom. The highest BCUT2D eigenvalue weighted by Crippen LogP contribution is 2.30. The van der Waals surface area contributed by atoms with E-state index < -0.39 is 0 Å². The van der Waals surface area contributed by atoms with Crippen LogP contribution in [0.4, 0.5) is 0 Å². The van der Waals surface area contributed by atoms with Crippen LogP contribution in [0, 0.1) is 0 Å². The Morgan fingerprint density at radius 1 is 0.850 bits per heavy atom. The molecule has 0 aliphatic heterocycles. The molecule has 1 aliphatic carbocycles. The van der Waals surface area contributed by atoms with Crippen LogP contribution in [-0.2, 0) is 0 Å². The van der Waals surface area contributed by atoms with E-state index in [0.29, 0.717) is 28.2 Å². The fourth-order valence-electron chi connectivity index (χ4n) is 2.66. The van der Waals surface area contributed by atoms with Gasteiger partial charge in [-0.2, -0.15) is 0 Å². The van der Waals surface area contributed by atoms with E-state index in [1.54, 1.807) is 30.3 Å². The molecule has 0 radical (unpaired) electrons. The zero-order chi connectivity index (χ0) is 14.3. The van der Waals surface area contributed by atoms with Crippen LogP contribution in [0.25, 0.3) is 0 Å². The maximum absolute atomic E-state index is 12.6. The minimum atomic E-state index is -0.0501. The lowest BCUT2D eigenvalue weighted by atomic mass is 9.82. The predicted octanol–water partition coefficient (Wildman–Crippen LogP) is 3.98. The molecule has 2 heteroatoms. The van der Waals surface area contributed by atoms with Gasteiger partial charge in [-0.25, -0.2) is 0 Å². The average molecular weight is 264 g/mol. The number of hydrogen-bond donors (Lipinski definition) is 0. The first kappa shape index (κ1) is 12.8. The summed E-state index contributed by atoms with van der Waals surface area (Å²) in [4.78, 5) is 25.0. The van der Waals surface area contributed by atoms with Crippen molar-refractivity contribution in [3.8, 4) is 0 Å². The van der Waals surface area contributed by atoms with Crippen LogP contribution in [0.2, 0.25) is 0 Å². The molecule has 2 aromatic rings. The van der Waals surface area contributed by atoms with E-state index in [-0.39, 0.29) is 11.6 Å². The Bertz CT molecular complexity index is 713. The first-order valence-corrected chi connectivity index (χ1v) is 6.96. The summed E-state index contributed by atoms with van der Waals surface area (Å²) in [6, 6.07) is 12.7. The van der Waals surface area contributed by atoms with Crippen LogP contribution < -0.4 is 0 Å². The Morgan fingerprint density at radius 2 is 1.40 bits per heavy atom. The number of fused-ring (bicyclic) bond motifs is 2. The van der Waals surface area contributed by atoms with Crippen molar-refractivity contribution in [1.29, 1.82) is 0 Å². The lowest BCUT2D eigenvalue weighted by Gasteiger charge is -2.19. The van der Waals surface area contributed by atoms with Gasteiger partial charge in [-0.05, 0) is 24.0 Å². The second kappa shape index (κ2) is 4.71. The lowest BCUT2D eigenvalue weighted by Crippen LogP contribution is -2.21. The fraction of sp³-hybridized carbons (Fsp3) is 0.222. The van der Waals surface area contributed by atoms with Gasteiger partial charge in [-0.15, -0.1) is 0 Å². The van der Waals surface area contributed by atoms with E-state index in [1.807, 2.05) is 12.1 Å². The summed E-state index contributed by atoms with van der Waals surface area (Å²) in [5.74, 6) is 0.298. The average Bonchev–Trinajstić information content (AvgIpc) is 2.51. The summed E-state index contributed by atoms with van der Waals surface area (Å²) in [6.07, 6.45) is 1.01. The number of carbonyl (C=O) groups excluding carboxylic acids is 2. The molecule has 1 aliphatic rings. The molecule has 0 N–H and O–H groups in total. The SMILES string of the molecule is CCC(C)c1ccc2c(c1)C(=O)c1ccccc1C2=O. The maximum atomic E-state index is 12.6. The van der Waals surface area contributed by atoms with Crippen LogP contribution in [0.15, 0.2) is 42.5 Å². The van der Waals surface area contributed by atoms with Gasteiger partial charge in [0.25, 0.3) is 0 Å². The van der Waals surface area contributed by atoms with E-state index in [0.717, 1.165) is 12.0 Å². The normalized spacial score (nSPS) is 14.7. The Balaban J connectivity index is 2.18. The van der Waals surface area contributed by atoms with Gasteiger partial charge in [0.15, 0.2) is 11.6 Å². The van der Waals surface area contributed by atoms with Crippen LogP contribution in [-0.4, -0.2) is 11.6 Å². The molecular weight excluding hydrogens is 248 g/mol. The summed E-state index contributed by atoms with van der Waals surface area (Å²) < 4.78 is 0. The first-order chi connectivity index (χ1) is 9.63. The van der Waals surface area contributed by atoms with Gasteiger partial charge < -0.3 is 0 Å². The maximum Gasteiger partial charge on any atom is 0.194 e. The van der Waals surface area contributed by atoms with Crippen molar-refractivity contribution in [1.82, 2.24) is 0 Å². The zero-order valence-electron chi connectivity index (χ0n) is 11.6. The molecule has 2 aromatic carbocycles. The third-order valence-electron chi connectivity index (χ3n) is 4.13. The number of hydrogen-bond acceptors (Lipinski definition) is 2. The molecule has 1 atom stereocenters. The van der Waals surface area contributed by atoms with Gasteiger partial charge >= 0.3 is 0 Å². The molecule has 20 heavy (non-hydrogen) atoms. The van der Waals surface area contributed by atoms with Gasteiger partial charge in [0.05, 0.1) is 0 Å². The van der Waals surface area contributed by atoms with Crippen LogP contribution in [0.1, 0.15) is 63.6 Å². The Labute approximate surface area is 118 Å². The van der Waals surface area contributed by atoms with Gasteiger partial charge in [-0.1, -0.05) is 50.2 Å². The fourth-order valence-corrected chi connectivity index (χ4v) is 2.66. The third kappa shape index (κ3) is 1.80. The molecule has 1 unspecified atom stereocenters. The number of benzene rings is 2. The van der Waals surface area contributed by atoms with E-state index in [9.17, 15) is 9.59 Å². The van der Waals surface area contributed by atoms with E-state index in [1.165, 1.54) is 0 Å². The second-order valence-corrected chi connectivity index (χ2v) is 5.32. The summed E-state index contributed by atoms with van der Waals surface area (Å²) in [5, 5.41) is 0. The molecular formula is C18H16O2. The highest BCUT2D eigenvalue weighted by molar-refractivity contribution is 6.28. The molecule has 0 saturated carbocycles. The highest BCUT2D eigenvalue weighted by Gasteiger charge is 2.29. The lowest BCUT2D eigenvalue weighted by molar-refractivity contribution is 0.0979. The topological polar surface area (TPSA) is 34.1 Å². The van der Waals surface area contributed by atoms with Crippen molar-refractivity contribution in [2.24, 2.45) is 0 Å². The van der Waals surface area contributed by atoms with Crippen molar-refractivity contribution in [3.05, 3.63) is 70.3 Å². The zero-order valence-corrected chi connectivity index (χ0v) is 11.6. The molecule has 0 fully saturated rings. The predicted molar refractivity (Wildman–Crippen MR) is 78.5 cm³/mol. The monoisotopic (exact) mass is 264 g/mol. The minimum Gasteiger partial charge on any atom is -0.289 e. The van der Waals surface area contributed by atoms with E-state index >= 15 is 0 Å². The van der Waals surface area contributed by atoms with Gasteiger partial charge in [0.1, 0.15) is 0 Å². The second-order valence-electron chi connectivity index (χ2n) is 5.32. The molecule has 3 rings (SSSR count). The largest absolute Gasteiger partial charge is 0.289 e. The van der Waals surface area contributed by atoms with Crippen molar-refractivity contribution >= 4 is 11.6 Å². The molecule has 0 spiro atoms. The smallest absolute Gasteiger partial charge is 0.194 e. The Hall–Kier alpha value is -2.22. The standard InChI is InChI=1S/C18H16O2/c1-3-11(2)12-8-9-15-16(10-12)18(20)14-7-5-4-6-13(14)17(15)19/h4-11H,3H2,1-2H3. The van der Waals surface area contributed by atoms with Gasteiger partial charge in [-0.3, -0.25) is 9.59 Å². The number of carbonyl (C=O) groups is 2. The summed E-state index contributed by atoms with van der Waals surface area (Å²) in [6.45, 7) is 4.25. The minimum absolute atomic E-state index is 0.0413. The third-order valence-corrected chi connectivity index (χ3v) is 4.13. The van der Waals surface area contributed by atoms with Crippen LogP contribution in [0.3, 0.4) is 0 Å². The summed E-state index contributed by atoms with van der Waals surface area (Å²) in [5.41, 5.74) is 3.23. The highest BCUT2D eigenvalue weighted by atomic mass is 16.1. The summed E-state index contributed by atoms with van der Waals surface area (Å²) >= 11 is 0. The van der Waals surface area contributed by atoms with Crippen molar-refractivity contribution in [2.45, 2.75) is 26.2 Å². The molecule has 0 saturated heterocycles. The van der Waals surface area contributed by atoms with Crippen molar-refractivity contribution in [2.75, 3.05) is 0 Å². The van der Waals surface area contributed by atoms with Crippen LogP contribution >= 0.6 is 0 Å². The molecule has 0 heterocycles. The molecule has 0 amide bonds. The molecule has 0 aromatic heterocycles. The van der Waals surface area contributed by atoms with Crippen LogP contribution in [0.5, 0.6) is 0 Å². The van der Waals surface area contributed by atoms with Crippen molar-refractivity contribution in [3.63, 3.8) is 0 Å². The quantitative estimate of drug-likeness (QED) is 0.701. The summed E-state index contributed by atoms with van der Waals surface area (Å²) in [7, 11) is 0. The van der Waals surface area contributed by atoms with Gasteiger partial charge in [0, 0.05) is 22.3 Å².